The van der Waals surface area contributed by atoms with Gasteiger partial charge in [0.2, 0.25) is 0 Å². The van der Waals surface area contributed by atoms with E-state index < -0.39 is 5.97 Å². The molecule has 3 nitrogen and oxygen atoms in total. The molecule has 2 unspecified atom stereocenters. The van der Waals surface area contributed by atoms with Crippen molar-refractivity contribution in [2.45, 2.75) is 130 Å². The number of hydrogen-bond donors (Lipinski definition) is 0. The Labute approximate surface area is 199 Å². The summed E-state index contributed by atoms with van der Waals surface area (Å²) in [7, 11) is 0. The minimum Gasteiger partial charge on any atom is -0.549 e. The van der Waals surface area contributed by atoms with Crippen LogP contribution in [0.15, 0.2) is 24.3 Å². The Morgan fingerprint density at radius 1 is 0.700 bits per heavy atom. The molecule has 0 aliphatic rings. The number of carbonyl (C=O) groups is 1. The number of carboxylic acid groups (broad SMARTS) is 1. The molecule has 0 saturated heterocycles. The van der Waals surface area contributed by atoms with E-state index in [1.807, 2.05) is 0 Å². The largest absolute Gasteiger partial charge is 1.00 e. The molecule has 4 heteroatoms. The summed E-state index contributed by atoms with van der Waals surface area (Å²) in [5.74, 6) is -0.933. The number of allylic oxidation sites excluding steroid dienone is 4. The zero-order valence-corrected chi connectivity index (χ0v) is 20.8. The van der Waals surface area contributed by atoms with E-state index in [4.69, 9.17) is 0 Å². The predicted molar refractivity (Wildman–Crippen MR) is 125 cm³/mol. The molecule has 30 heavy (non-hydrogen) atoms. The van der Waals surface area contributed by atoms with Crippen molar-refractivity contribution in [1.29, 1.82) is 0 Å². The third kappa shape index (κ3) is 17.2. The number of carboxylic acids is 1. The van der Waals surface area contributed by atoms with Crippen LogP contribution in [0, 0.1) is 0 Å². The van der Waals surface area contributed by atoms with Gasteiger partial charge < -0.3 is 9.90 Å². The Morgan fingerprint density at radius 3 is 1.43 bits per heavy atom. The number of aliphatic carboxylic acids is 1. The molecule has 0 aromatic rings. The van der Waals surface area contributed by atoms with Crippen molar-refractivity contribution >= 4 is 5.97 Å². The first-order valence-corrected chi connectivity index (χ1v) is 12.4. The van der Waals surface area contributed by atoms with Gasteiger partial charge in [-0.25, -0.2) is 0 Å². The maximum atomic E-state index is 11.5. The number of unbranched alkanes of at least 4 members (excludes halogenated alkanes) is 4. The molecular weight excluding hydrogens is 365 g/mol. The van der Waals surface area contributed by atoms with E-state index in [2.05, 4.69) is 56.9 Å². The van der Waals surface area contributed by atoms with Gasteiger partial charge in [0.1, 0.15) is 0 Å². The summed E-state index contributed by atoms with van der Waals surface area (Å²) in [5.41, 5.74) is 0. The van der Waals surface area contributed by atoms with E-state index in [0.717, 1.165) is 77.0 Å². The van der Waals surface area contributed by atoms with Crippen molar-refractivity contribution in [2.24, 2.45) is 0 Å². The SMILES string of the molecule is CCC/C=C/CCCC(CCC)N(CC(=O)[O-])C(CCC)CCC/C=C/CCC.[Li+]. The summed E-state index contributed by atoms with van der Waals surface area (Å²) >= 11 is 0. The molecule has 0 N–H and O–H groups in total. The number of carbonyl (C=O) groups excluding carboxylic acids is 1. The minimum atomic E-state index is -0.933. The van der Waals surface area contributed by atoms with Crippen LogP contribution >= 0.6 is 0 Å². The first-order valence-electron chi connectivity index (χ1n) is 12.4. The molecule has 170 valence electrons. The van der Waals surface area contributed by atoms with Gasteiger partial charge in [-0.15, -0.1) is 0 Å². The van der Waals surface area contributed by atoms with Crippen molar-refractivity contribution < 1.29 is 28.8 Å². The smallest absolute Gasteiger partial charge is 0.549 e. The first-order chi connectivity index (χ1) is 14.1. The Balaban J connectivity index is 0. The van der Waals surface area contributed by atoms with Crippen LogP contribution in [0.2, 0.25) is 0 Å². The van der Waals surface area contributed by atoms with Crippen LogP contribution in [0.1, 0.15) is 118 Å². The van der Waals surface area contributed by atoms with Crippen molar-refractivity contribution in [1.82, 2.24) is 4.90 Å². The normalized spacial score (nSPS) is 13.8. The molecule has 0 aliphatic heterocycles. The molecule has 0 amide bonds. The zero-order chi connectivity index (χ0) is 21.7. The summed E-state index contributed by atoms with van der Waals surface area (Å²) in [6, 6.07) is 0.703. The summed E-state index contributed by atoms with van der Waals surface area (Å²) in [5, 5.41) is 11.5. The molecule has 0 spiro atoms. The third-order valence-electron chi connectivity index (χ3n) is 5.55. The van der Waals surface area contributed by atoms with Crippen LogP contribution in [0.3, 0.4) is 0 Å². The minimum absolute atomic E-state index is 0. The van der Waals surface area contributed by atoms with Gasteiger partial charge in [-0.3, -0.25) is 4.90 Å². The molecule has 0 radical (unpaired) electrons. The van der Waals surface area contributed by atoms with Crippen LogP contribution in [-0.2, 0) is 4.79 Å². The second-order valence-corrected chi connectivity index (χ2v) is 8.31. The Morgan fingerprint density at radius 2 is 1.10 bits per heavy atom. The summed E-state index contributed by atoms with van der Waals surface area (Å²) in [6.07, 6.45) is 24.8. The van der Waals surface area contributed by atoms with Crippen LogP contribution in [0.5, 0.6) is 0 Å². The second kappa shape index (κ2) is 23.2. The first kappa shape index (κ1) is 31.7. The second-order valence-electron chi connectivity index (χ2n) is 8.31. The fraction of sp³-hybridized carbons (Fsp3) is 0.808. The zero-order valence-electron chi connectivity index (χ0n) is 20.8. The van der Waals surface area contributed by atoms with Gasteiger partial charge in [-0.2, -0.15) is 0 Å². The molecule has 0 aliphatic carbocycles. The molecule has 2 atom stereocenters. The molecule has 0 aromatic heterocycles. The van der Waals surface area contributed by atoms with Gasteiger partial charge in [0.05, 0.1) is 5.97 Å². The van der Waals surface area contributed by atoms with E-state index in [1.165, 1.54) is 12.8 Å². The average Bonchev–Trinajstić information content (AvgIpc) is 2.69. The predicted octanol–water partition coefficient (Wildman–Crippen LogP) is 3.43. The third-order valence-corrected chi connectivity index (χ3v) is 5.55. The van der Waals surface area contributed by atoms with Gasteiger partial charge in [0.15, 0.2) is 0 Å². The Kier molecular flexibility index (Phi) is 24.5. The van der Waals surface area contributed by atoms with Crippen LogP contribution in [0.4, 0.5) is 0 Å². The maximum Gasteiger partial charge on any atom is 1.00 e. The standard InChI is InChI=1S/C26H49NO2.Li/c1-5-9-11-13-15-17-21-24(19-7-3)27(23-26(28)29)25(20-8-4)22-18-16-14-12-10-6-2;/h11-14,24-25H,5-10,15-23H2,1-4H3,(H,28,29);/q;+1/p-1/b13-11+,14-12+;. The number of nitrogens with zero attached hydrogens (tertiary/aromatic N) is 1. The fourth-order valence-corrected chi connectivity index (χ4v) is 4.07. The monoisotopic (exact) mass is 413 g/mol. The summed E-state index contributed by atoms with van der Waals surface area (Å²) in [4.78, 5) is 13.8. The Bertz CT molecular complexity index is 405. The topological polar surface area (TPSA) is 43.4 Å². The summed E-state index contributed by atoms with van der Waals surface area (Å²) in [6.45, 7) is 8.89. The van der Waals surface area contributed by atoms with Crippen molar-refractivity contribution in [3.8, 4) is 0 Å². The van der Waals surface area contributed by atoms with Crippen molar-refractivity contribution in [2.75, 3.05) is 6.54 Å². The van der Waals surface area contributed by atoms with Crippen LogP contribution in [-0.4, -0.2) is 29.5 Å². The van der Waals surface area contributed by atoms with Gasteiger partial charge in [-0.1, -0.05) is 77.7 Å². The van der Waals surface area contributed by atoms with Crippen molar-refractivity contribution in [3.05, 3.63) is 24.3 Å². The Hall–Kier alpha value is -0.493. The fourth-order valence-electron chi connectivity index (χ4n) is 4.07. The van der Waals surface area contributed by atoms with E-state index in [0.29, 0.717) is 12.1 Å². The molecule has 0 fully saturated rings. The van der Waals surface area contributed by atoms with E-state index in [1.54, 1.807) is 0 Å². The van der Waals surface area contributed by atoms with E-state index >= 15 is 0 Å². The quantitative estimate of drug-likeness (QED) is 0.174. The number of hydrogen-bond acceptors (Lipinski definition) is 3. The maximum absolute atomic E-state index is 11.5. The van der Waals surface area contributed by atoms with Gasteiger partial charge in [0.25, 0.3) is 0 Å². The van der Waals surface area contributed by atoms with E-state index in [9.17, 15) is 9.90 Å². The molecule has 0 heterocycles. The summed E-state index contributed by atoms with van der Waals surface area (Å²) < 4.78 is 0. The molecular formula is C26H48LiNO2. The average molecular weight is 414 g/mol. The molecule has 0 rings (SSSR count). The molecule has 0 bridgehead atoms. The molecule has 0 aromatic carbocycles. The van der Waals surface area contributed by atoms with Gasteiger partial charge in [-0.05, 0) is 64.2 Å². The van der Waals surface area contributed by atoms with Gasteiger partial charge >= 0.3 is 18.9 Å². The van der Waals surface area contributed by atoms with Crippen LogP contribution in [0.25, 0.3) is 0 Å². The van der Waals surface area contributed by atoms with E-state index in [-0.39, 0.29) is 25.4 Å². The van der Waals surface area contributed by atoms with Crippen molar-refractivity contribution in [3.63, 3.8) is 0 Å². The number of rotatable bonds is 20. The van der Waals surface area contributed by atoms with Crippen LogP contribution < -0.4 is 24.0 Å². The van der Waals surface area contributed by atoms with Gasteiger partial charge in [0, 0.05) is 18.6 Å². The molecule has 0 saturated carbocycles.